The Morgan fingerprint density at radius 2 is 0.870 bits per heavy atom. The van der Waals surface area contributed by atoms with Crippen molar-refractivity contribution in [3.8, 4) is 0 Å². The molecule has 0 amide bonds. The minimum absolute atomic E-state index is 0.287. The number of hydrogen-bond acceptors (Lipinski definition) is 1. The molecule has 1 atom stereocenters. The van der Waals surface area contributed by atoms with E-state index in [1.807, 2.05) is 0 Å². The van der Waals surface area contributed by atoms with E-state index in [9.17, 15) is 0 Å². The van der Waals surface area contributed by atoms with Gasteiger partial charge in [0, 0.05) is 0 Å². The van der Waals surface area contributed by atoms with E-state index < -0.39 is 0 Å². The second-order valence-electron chi connectivity index (χ2n) is 8.15. The Morgan fingerprint density at radius 1 is 0.565 bits per heavy atom. The van der Waals surface area contributed by atoms with Crippen molar-refractivity contribution >= 4 is 0 Å². The summed E-state index contributed by atoms with van der Waals surface area (Å²) in [6, 6.07) is 0. The second-order valence-corrected chi connectivity index (χ2v) is 8.15. The molecule has 0 aliphatic carbocycles. The summed E-state index contributed by atoms with van der Waals surface area (Å²) in [6.07, 6.45) is 26.0. The molecule has 1 aliphatic heterocycles. The highest BCUT2D eigenvalue weighted by molar-refractivity contribution is 4.86. The summed E-state index contributed by atoms with van der Waals surface area (Å²) >= 11 is 0. The van der Waals surface area contributed by atoms with E-state index in [2.05, 4.69) is 13.8 Å². The smallest absolute Gasteiger partial charge is 0.0888 e. The van der Waals surface area contributed by atoms with Crippen molar-refractivity contribution in [2.75, 3.05) is 6.61 Å². The number of epoxide rings is 1. The van der Waals surface area contributed by atoms with Crippen LogP contribution in [0.4, 0.5) is 0 Å². The molecular weight excluding hydrogens is 280 g/mol. The summed E-state index contributed by atoms with van der Waals surface area (Å²) in [5.74, 6) is 0. The van der Waals surface area contributed by atoms with Gasteiger partial charge < -0.3 is 4.74 Å². The van der Waals surface area contributed by atoms with Crippen molar-refractivity contribution in [3.63, 3.8) is 0 Å². The number of unbranched alkanes of at least 4 members (excludes halogenated alkanes) is 16. The first kappa shape index (κ1) is 21.0. The summed E-state index contributed by atoms with van der Waals surface area (Å²) in [5.41, 5.74) is 0.287. The Balaban J connectivity index is 1.62. The molecule has 0 aromatic carbocycles. The minimum Gasteiger partial charge on any atom is -0.370 e. The normalized spacial score (nSPS) is 20.1. The summed E-state index contributed by atoms with van der Waals surface area (Å²) in [7, 11) is 0. The summed E-state index contributed by atoms with van der Waals surface area (Å²) < 4.78 is 5.42. The zero-order valence-electron chi connectivity index (χ0n) is 16.3. The summed E-state index contributed by atoms with van der Waals surface area (Å²) in [4.78, 5) is 0. The maximum Gasteiger partial charge on any atom is 0.0888 e. The van der Waals surface area contributed by atoms with Crippen LogP contribution in [0.15, 0.2) is 0 Å². The lowest BCUT2D eigenvalue weighted by Crippen LogP contribution is -2.02. The molecule has 1 nitrogen and oxygen atoms in total. The van der Waals surface area contributed by atoms with Gasteiger partial charge in [0.05, 0.1) is 12.2 Å². The fraction of sp³-hybridized carbons (Fsp3) is 1.00. The van der Waals surface area contributed by atoms with Crippen LogP contribution in [0.1, 0.15) is 129 Å². The Kier molecular flexibility index (Phi) is 13.1. The van der Waals surface area contributed by atoms with Crippen molar-refractivity contribution < 1.29 is 4.74 Å². The van der Waals surface area contributed by atoms with Gasteiger partial charge in [0.15, 0.2) is 0 Å². The maximum absolute atomic E-state index is 5.42. The van der Waals surface area contributed by atoms with E-state index in [0.717, 1.165) is 6.61 Å². The monoisotopic (exact) mass is 324 g/mol. The first-order valence-electron chi connectivity index (χ1n) is 10.9. The van der Waals surface area contributed by atoms with Gasteiger partial charge in [-0.3, -0.25) is 0 Å². The molecule has 1 unspecified atom stereocenters. The van der Waals surface area contributed by atoms with Crippen molar-refractivity contribution in [1.29, 1.82) is 0 Å². The number of ether oxygens (including phenoxy) is 1. The van der Waals surface area contributed by atoms with E-state index in [4.69, 9.17) is 4.74 Å². The van der Waals surface area contributed by atoms with Crippen LogP contribution in [0.5, 0.6) is 0 Å². The average Bonchev–Trinajstić information content (AvgIpc) is 3.28. The Labute approximate surface area is 147 Å². The van der Waals surface area contributed by atoms with Gasteiger partial charge in [-0.1, -0.05) is 116 Å². The highest BCUT2D eigenvalue weighted by Gasteiger charge is 2.37. The standard InChI is InChI=1S/C22H44O/c1-3-4-5-6-7-8-9-10-11-12-13-14-15-16-17-18-19-20-22(2)21-23-22/h3-21H2,1-2H3. The van der Waals surface area contributed by atoms with E-state index in [-0.39, 0.29) is 5.60 Å². The van der Waals surface area contributed by atoms with Crippen LogP contribution >= 0.6 is 0 Å². The van der Waals surface area contributed by atoms with Crippen LogP contribution < -0.4 is 0 Å². The van der Waals surface area contributed by atoms with Gasteiger partial charge in [-0.25, -0.2) is 0 Å². The van der Waals surface area contributed by atoms with Gasteiger partial charge in [0.25, 0.3) is 0 Å². The van der Waals surface area contributed by atoms with Crippen LogP contribution in [0, 0.1) is 0 Å². The fourth-order valence-corrected chi connectivity index (χ4v) is 3.49. The van der Waals surface area contributed by atoms with Crippen molar-refractivity contribution in [2.24, 2.45) is 0 Å². The lowest BCUT2D eigenvalue weighted by atomic mass is 10.0. The quantitative estimate of drug-likeness (QED) is 0.185. The van der Waals surface area contributed by atoms with Crippen LogP contribution in [0.3, 0.4) is 0 Å². The van der Waals surface area contributed by atoms with Gasteiger partial charge in [0.1, 0.15) is 0 Å². The van der Waals surface area contributed by atoms with E-state index in [1.54, 1.807) is 0 Å². The summed E-state index contributed by atoms with van der Waals surface area (Å²) in [5, 5.41) is 0. The Hall–Kier alpha value is -0.0400. The molecule has 138 valence electrons. The summed E-state index contributed by atoms with van der Waals surface area (Å²) in [6.45, 7) is 5.55. The van der Waals surface area contributed by atoms with Crippen LogP contribution in [0.25, 0.3) is 0 Å². The maximum atomic E-state index is 5.42. The molecule has 1 saturated heterocycles. The van der Waals surface area contributed by atoms with Crippen LogP contribution in [-0.4, -0.2) is 12.2 Å². The zero-order chi connectivity index (χ0) is 16.6. The Bertz CT molecular complexity index is 244. The molecule has 1 heterocycles. The predicted octanol–water partition coefficient (Wildman–Crippen LogP) is 7.82. The third kappa shape index (κ3) is 14.0. The number of rotatable bonds is 18. The topological polar surface area (TPSA) is 12.5 Å². The molecule has 23 heavy (non-hydrogen) atoms. The average molecular weight is 325 g/mol. The van der Waals surface area contributed by atoms with E-state index in [0.29, 0.717) is 0 Å². The third-order valence-electron chi connectivity index (χ3n) is 5.45. The first-order chi connectivity index (χ1) is 11.3. The highest BCUT2D eigenvalue weighted by Crippen LogP contribution is 2.31. The largest absolute Gasteiger partial charge is 0.370 e. The van der Waals surface area contributed by atoms with Crippen LogP contribution in [-0.2, 0) is 4.74 Å². The first-order valence-corrected chi connectivity index (χ1v) is 10.9. The van der Waals surface area contributed by atoms with Gasteiger partial charge in [-0.15, -0.1) is 0 Å². The fourth-order valence-electron chi connectivity index (χ4n) is 3.49. The molecule has 0 saturated carbocycles. The number of hydrogen-bond donors (Lipinski definition) is 0. The van der Waals surface area contributed by atoms with Crippen molar-refractivity contribution in [2.45, 2.75) is 135 Å². The molecular formula is C22H44O. The van der Waals surface area contributed by atoms with Gasteiger partial charge in [0.2, 0.25) is 0 Å². The molecule has 0 N–H and O–H groups in total. The molecule has 1 aliphatic rings. The molecule has 0 aromatic heterocycles. The van der Waals surface area contributed by atoms with Crippen molar-refractivity contribution in [1.82, 2.24) is 0 Å². The van der Waals surface area contributed by atoms with Gasteiger partial charge in [-0.2, -0.15) is 0 Å². The van der Waals surface area contributed by atoms with Crippen molar-refractivity contribution in [3.05, 3.63) is 0 Å². The molecule has 0 bridgehead atoms. The SMILES string of the molecule is CCCCCCCCCCCCCCCCCCCC1(C)CO1. The second kappa shape index (κ2) is 14.3. The van der Waals surface area contributed by atoms with E-state index >= 15 is 0 Å². The lowest BCUT2D eigenvalue weighted by Gasteiger charge is -2.05. The molecule has 0 spiro atoms. The lowest BCUT2D eigenvalue weighted by molar-refractivity contribution is 0.301. The molecule has 0 radical (unpaired) electrons. The molecule has 1 fully saturated rings. The van der Waals surface area contributed by atoms with Crippen LogP contribution in [0.2, 0.25) is 0 Å². The van der Waals surface area contributed by atoms with Gasteiger partial charge in [-0.05, 0) is 13.3 Å². The minimum atomic E-state index is 0.287. The highest BCUT2D eigenvalue weighted by atomic mass is 16.6. The molecule has 1 heteroatoms. The molecule has 1 rings (SSSR count). The van der Waals surface area contributed by atoms with E-state index in [1.165, 1.54) is 116 Å². The molecule has 0 aromatic rings. The third-order valence-corrected chi connectivity index (χ3v) is 5.45. The van der Waals surface area contributed by atoms with Gasteiger partial charge >= 0.3 is 0 Å². The predicted molar refractivity (Wildman–Crippen MR) is 103 cm³/mol. The zero-order valence-corrected chi connectivity index (χ0v) is 16.3. The Morgan fingerprint density at radius 3 is 1.17 bits per heavy atom.